The summed E-state index contributed by atoms with van der Waals surface area (Å²) in [5.41, 5.74) is 3.73. The van der Waals surface area contributed by atoms with E-state index >= 15 is 0 Å². The minimum atomic E-state index is 0. The molecule has 0 aromatic carbocycles. The molecule has 1 saturated heterocycles. The van der Waals surface area contributed by atoms with Crippen molar-refractivity contribution in [2.75, 3.05) is 31.1 Å². The first-order valence-electron chi connectivity index (χ1n) is 6.83. The second-order valence-corrected chi connectivity index (χ2v) is 6.33. The Balaban J connectivity index is 0.00000121. The lowest BCUT2D eigenvalue weighted by atomic mass is 10.1. The first-order chi connectivity index (χ1) is 9.34. The van der Waals surface area contributed by atoms with Crippen molar-refractivity contribution in [3.8, 4) is 0 Å². The highest BCUT2D eigenvalue weighted by molar-refractivity contribution is 14.1. The summed E-state index contributed by atoms with van der Waals surface area (Å²) in [5.74, 6) is 0.715. The van der Waals surface area contributed by atoms with Crippen LogP contribution in [0.5, 0.6) is 0 Å². The molecular formula is C13H17ClIN5. The van der Waals surface area contributed by atoms with Crippen LogP contribution in [0.15, 0.2) is 6.20 Å². The summed E-state index contributed by atoms with van der Waals surface area (Å²) in [7, 11) is 0. The highest BCUT2D eigenvalue weighted by atomic mass is 127. The molecule has 7 heteroatoms. The Bertz CT molecular complexity index is 618. The van der Waals surface area contributed by atoms with Gasteiger partial charge < -0.3 is 10.2 Å². The van der Waals surface area contributed by atoms with E-state index in [0.29, 0.717) is 5.92 Å². The first-order valence-corrected chi connectivity index (χ1v) is 7.90. The third kappa shape index (κ3) is 2.37. The van der Waals surface area contributed by atoms with Gasteiger partial charge in [-0.3, -0.25) is 5.10 Å². The number of halogens is 2. The lowest BCUT2D eigenvalue weighted by Crippen LogP contribution is -2.44. The summed E-state index contributed by atoms with van der Waals surface area (Å²) in [6.07, 6.45) is 4.67. The number of rotatable bonds is 2. The smallest absolute Gasteiger partial charge is 0.158 e. The average Bonchev–Trinajstić information content (AvgIpc) is 3.23. The van der Waals surface area contributed by atoms with Gasteiger partial charge in [0.05, 0.1) is 11.1 Å². The Morgan fingerprint density at radius 3 is 2.70 bits per heavy atom. The van der Waals surface area contributed by atoms with E-state index in [1.807, 2.05) is 0 Å². The summed E-state index contributed by atoms with van der Waals surface area (Å²) >= 11 is 2.31. The maximum Gasteiger partial charge on any atom is 0.158 e. The zero-order chi connectivity index (χ0) is 12.8. The Morgan fingerprint density at radius 2 is 2.00 bits per heavy atom. The summed E-state index contributed by atoms with van der Waals surface area (Å²) in [6.45, 7) is 4.25. The number of anilines is 1. The maximum atomic E-state index is 4.55. The highest BCUT2D eigenvalue weighted by Crippen LogP contribution is 2.46. The Labute approximate surface area is 137 Å². The number of aromatic nitrogens is 3. The Hall–Kier alpha value is -0.600. The Kier molecular flexibility index (Phi) is 4.05. The molecule has 4 rings (SSSR count). The van der Waals surface area contributed by atoms with Gasteiger partial charge >= 0.3 is 0 Å². The van der Waals surface area contributed by atoms with Crippen LogP contribution in [0, 0.1) is 3.70 Å². The minimum absolute atomic E-state index is 0. The van der Waals surface area contributed by atoms with Gasteiger partial charge in [-0.15, -0.1) is 12.4 Å². The molecule has 2 aliphatic rings. The average molecular weight is 406 g/mol. The number of H-pyrrole nitrogens is 1. The van der Waals surface area contributed by atoms with Crippen molar-refractivity contribution in [3.63, 3.8) is 0 Å². The number of nitrogens with zero attached hydrogens (tertiary/aromatic N) is 3. The van der Waals surface area contributed by atoms with Crippen molar-refractivity contribution in [3.05, 3.63) is 15.5 Å². The molecule has 0 radical (unpaired) electrons. The van der Waals surface area contributed by atoms with Crippen LogP contribution in [0.2, 0.25) is 0 Å². The van der Waals surface area contributed by atoms with E-state index in [-0.39, 0.29) is 12.4 Å². The highest BCUT2D eigenvalue weighted by Gasteiger charge is 2.31. The van der Waals surface area contributed by atoms with Crippen LogP contribution in [0.4, 0.5) is 5.69 Å². The maximum absolute atomic E-state index is 4.55. The second-order valence-electron chi connectivity index (χ2n) is 5.31. The molecule has 0 spiro atoms. The van der Waals surface area contributed by atoms with E-state index in [4.69, 9.17) is 0 Å². The fourth-order valence-corrected chi connectivity index (χ4v) is 3.51. The molecule has 1 aliphatic heterocycles. The van der Waals surface area contributed by atoms with E-state index in [9.17, 15) is 0 Å². The number of fused-ring (bicyclic) bond motifs is 1. The van der Waals surface area contributed by atoms with Gasteiger partial charge in [0.1, 0.15) is 3.70 Å². The molecule has 1 saturated carbocycles. The predicted octanol–water partition coefficient (Wildman–Crippen LogP) is 2.27. The molecule has 20 heavy (non-hydrogen) atoms. The van der Waals surface area contributed by atoms with Gasteiger partial charge in [-0.25, -0.2) is 4.98 Å². The van der Waals surface area contributed by atoms with Gasteiger partial charge in [0.25, 0.3) is 0 Å². The lowest BCUT2D eigenvalue weighted by molar-refractivity contribution is 0.589. The number of piperazine rings is 1. The first kappa shape index (κ1) is 14.3. The van der Waals surface area contributed by atoms with Crippen molar-refractivity contribution < 1.29 is 0 Å². The van der Waals surface area contributed by atoms with Crippen molar-refractivity contribution in [1.82, 2.24) is 20.5 Å². The monoisotopic (exact) mass is 405 g/mol. The van der Waals surface area contributed by atoms with Crippen molar-refractivity contribution >= 4 is 51.7 Å². The molecule has 0 unspecified atom stereocenters. The van der Waals surface area contributed by atoms with Crippen LogP contribution in [0.3, 0.4) is 0 Å². The molecule has 108 valence electrons. The van der Waals surface area contributed by atoms with Crippen LogP contribution >= 0.6 is 35.0 Å². The van der Waals surface area contributed by atoms with E-state index in [1.54, 1.807) is 0 Å². The number of aromatic amines is 1. The van der Waals surface area contributed by atoms with E-state index in [0.717, 1.165) is 35.5 Å². The third-order valence-electron chi connectivity index (χ3n) is 4.00. The second kappa shape index (κ2) is 5.65. The molecule has 2 N–H and O–H groups in total. The van der Waals surface area contributed by atoms with E-state index < -0.39 is 0 Å². The third-order valence-corrected chi connectivity index (χ3v) is 4.78. The summed E-state index contributed by atoms with van der Waals surface area (Å²) in [4.78, 5) is 7.06. The normalized spacial score (nSPS) is 19.1. The molecule has 2 aromatic heterocycles. The summed E-state index contributed by atoms with van der Waals surface area (Å²) < 4.78 is 1.04. The SMILES string of the molecule is Cl.Ic1n[nH]c2ncc(C3CC3)c(N3CCNCC3)c12. The molecule has 2 aromatic rings. The van der Waals surface area contributed by atoms with Crippen molar-refractivity contribution in [1.29, 1.82) is 0 Å². The Morgan fingerprint density at radius 1 is 1.25 bits per heavy atom. The molecule has 2 fully saturated rings. The summed E-state index contributed by atoms with van der Waals surface area (Å²) in [5, 5.41) is 12.0. The summed E-state index contributed by atoms with van der Waals surface area (Å²) in [6, 6.07) is 0. The largest absolute Gasteiger partial charge is 0.368 e. The van der Waals surface area contributed by atoms with Crippen LogP contribution in [-0.2, 0) is 0 Å². The van der Waals surface area contributed by atoms with Gasteiger partial charge in [0, 0.05) is 32.4 Å². The predicted molar refractivity (Wildman–Crippen MR) is 90.9 cm³/mol. The molecule has 0 bridgehead atoms. The fourth-order valence-electron chi connectivity index (χ4n) is 2.88. The topological polar surface area (TPSA) is 56.8 Å². The van der Waals surface area contributed by atoms with Gasteiger partial charge in [0.2, 0.25) is 0 Å². The van der Waals surface area contributed by atoms with E-state index in [2.05, 4.69) is 54.2 Å². The quantitative estimate of drug-likeness (QED) is 0.753. The number of hydrogen-bond acceptors (Lipinski definition) is 4. The fraction of sp³-hybridized carbons (Fsp3) is 0.538. The van der Waals surface area contributed by atoms with E-state index in [1.165, 1.54) is 29.5 Å². The molecule has 3 heterocycles. The molecule has 1 aliphatic carbocycles. The standard InChI is InChI=1S/C13H16IN5.ClH/c14-12-10-11(19-5-3-15-4-6-19)9(8-1-2-8)7-16-13(10)18-17-12;/h7-8,15H,1-6H2,(H,16,17,18);1H. The van der Waals surface area contributed by atoms with Crippen molar-refractivity contribution in [2.45, 2.75) is 18.8 Å². The molecule has 5 nitrogen and oxygen atoms in total. The van der Waals surface area contributed by atoms with Gasteiger partial charge in [-0.05, 0) is 46.9 Å². The van der Waals surface area contributed by atoms with Crippen LogP contribution in [0.1, 0.15) is 24.3 Å². The lowest BCUT2D eigenvalue weighted by Gasteiger charge is -2.31. The van der Waals surface area contributed by atoms with Crippen molar-refractivity contribution in [2.24, 2.45) is 0 Å². The molecule has 0 atom stereocenters. The zero-order valence-corrected chi connectivity index (χ0v) is 14.0. The van der Waals surface area contributed by atoms with Gasteiger partial charge in [-0.1, -0.05) is 0 Å². The molecule has 0 amide bonds. The minimum Gasteiger partial charge on any atom is -0.368 e. The van der Waals surface area contributed by atoms with Gasteiger partial charge in [0.15, 0.2) is 5.65 Å². The number of hydrogen-bond donors (Lipinski definition) is 2. The van der Waals surface area contributed by atoms with Gasteiger partial charge in [-0.2, -0.15) is 5.10 Å². The van der Waals surface area contributed by atoms with Crippen LogP contribution in [-0.4, -0.2) is 41.4 Å². The molecular weight excluding hydrogens is 389 g/mol. The van der Waals surface area contributed by atoms with Crippen LogP contribution < -0.4 is 10.2 Å². The number of pyridine rings is 1. The number of nitrogens with one attached hydrogen (secondary N) is 2. The van der Waals surface area contributed by atoms with Crippen LogP contribution in [0.25, 0.3) is 11.0 Å². The zero-order valence-electron chi connectivity index (χ0n) is 11.0.